The third-order valence-electron chi connectivity index (χ3n) is 7.15. The van der Waals surface area contributed by atoms with Crippen LogP contribution in [0.2, 0.25) is 5.02 Å². The number of amides is 5. The van der Waals surface area contributed by atoms with Gasteiger partial charge in [0.25, 0.3) is 11.8 Å². The van der Waals surface area contributed by atoms with Gasteiger partial charge in [0, 0.05) is 51.3 Å². The lowest BCUT2D eigenvalue weighted by atomic mass is 10.1. The van der Waals surface area contributed by atoms with Crippen molar-refractivity contribution in [2.24, 2.45) is 0 Å². The molecule has 0 unspecified atom stereocenters. The van der Waals surface area contributed by atoms with E-state index in [4.69, 9.17) is 16.4 Å². The summed E-state index contributed by atoms with van der Waals surface area (Å²) in [6.45, 7) is 3.14. The van der Waals surface area contributed by atoms with Gasteiger partial charge in [-0.3, -0.25) is 9.59 Å². The van der Waals surface area contributed by atoms with E-state index in [-0.39, 0.29) is 5.91 Å². The molecule has 38 heavy (non-hydrogen) atoms. The highest BCUT2D eigenvalue weighted by molar-refractivity contribution is 6.33. The molecule has 0 aromatic heterocycles. The first-order valence-corrected chi connectivity index (χ1v) is 13.3. The van der Waals surface area contributed by atoms with Gasteiger partial charge in [-0.05, 0) is 43.0 Å². The zero-order chi connectivity index (χ0) is 26.6. The molecular formula is C27H30ClN5O5. The number of hydrogen-bond donors (Lipinski definition) is 1. The van der Waals surface area contributed by atoms with Crippen LogP contribution in [0.15, 0.2) is 48.5 Å². The van der Waals surface area contributed by atoms with Crippen molar-refractivity contribution in [2.45, 2.75) is 31.7 Å². The molecule has 0 radical (unpaired) electrons. The quantitative estimate of drug-likeness (QED) is 0.585. The van der Waals surface area contributed by atoms with Crippen molar-refractivity contribution in [2.75, 3.05) is 44.2 Å². The summed E-state index contributed by atoms with van der Waals surface area (Å²) in [4.78, 5) is 61.0. The van der Waals surface area contributed by atoms with E-state index in [9.17, 15) is 19.2 Å². The van der Waals surface area contributed by atoms with E-state index in [1.54, 1.807) is 12.1 Å². The molecule has 2 aromatic rings. The molecule has 3 aliphatic rings. The van der Waals surface area contributed by atoms with Gasteiger partial charge in [0.2, 0.25) is 0 Å². The molecule has 0 bridgehead atoms. The van der Waals surface area contributed by atoms with Crippen LogP contribution in [0.1, 0.15) is 35.2 Å². The number of imide groups is 1. The molecule has 1 N–H and O–H groups in total. The zero-order valence-electron chi connectivity index (χ0n) is 21.0. The standard InChI is InChI=1S/C27H30ClN5O5/c28-21-18-20(24(34)31-11-5-2-6-12-31)9-10-23(21)30-13-15-32(16-14-30)27(37)38-33-25(35)22(29-26(33)36)17-19-7-3-1-4-8-19/h1,3-4,7-10,18,22H,2,5-6,11-17H2,(H,29,36)/t22-/m0/s1. The van der Waals surface area contributed by atoms with Crippen LogP contribution in [-0.2, 0) is 16.1 Å². The molecule has 1 atom stereocenters. The number of anilines is 1. The van der Waals surface area contributed by atoms with Crippen molar-refractivity contribution < 1.29 is 24.0 Å². The van der Waals surface area contributed by atoms with Gasteiger partial charge < -0.3 is 24.9 Å². The summed E-state index contributed by atoms with van der Waals surface area (Å²) in [5, 5.41) is 3.56. The fraction of sp³-hybridized carbons (Fsp3) is 0.407. The Labute approximate surface area is 226 Å². The highest BCUT2D eigenvalue weighted by Crippen LogP contribution is 2.29. The first-order valence-electron chi connectivity index (χ1n) is 12.9. The maximum Gasteiger partial charge on any atom is 0.434 e. The van der Waals surface area contributed by atoms with Gasteiger partial charge in [0.05, 0.1) is 10.7 Å². The minimum atomic E-state index is -0.790. The smallest absolute Gasteiger partial charge is 0.367 e. The molecule has 2 aromatic carbocycles. The van der Waals surface area contributed by atoms with E-state index in [0.29, 0.717) is 48.2 Å². The van der Waals surface area contributed by atoms with Gasteiger partial charge in [-0.1, -0.05) is 47.0 Å². The van der Waals surface area contributed by atoms with Crippen molar-refractivity contribution in [3.8, 4) is 0 Å². The second-order valence-corrected chi connectivity index (χ2v) is 10.1. The number of urea groups is 1. The summed E-state index contributed by atoms with van der Waals surface area (Å²) in [5.41, 5.74) is 2.24. The van der Waals surface area contributed by atoms with Crippen LogP contribution in [0.5, 0.6) is 0 Å². The summed E-state index contributed by atoms with van der Waals surface area (Å²) in [5.74, 6) is -0.603. The topological polar surface area (TPSA) is 102 Å². The van der Waals surface area contributed by atoms with Gasteiger partial charge in [0.1, 0.15) is 6.04 Å². The lowest BCUT2D eigenvalue weighted by molar-refractivity contribution is -0.151. The lowest BCUT2D eigenvalue weighted by Crippen LogP contribution is -2.50. The summed E-state index contributed by atoms with van der Waals surface area (Å²) in [6, 6.07) is 13.1. The zero-order valence-corrected chi connectivity index (χ0v) is 21.7. The maximum atomic E-state index is 12.8. The van der Waals surface area contributed by atoms with Crippen LogP contribution in [0.25, 0.3) is 0 Å². The fourth-order valence-electron chi connectivity index (χ4n) is 5.03. The number of carbonyl (C=O) groups is 4. The van der Waals surface area contributed by atoms with E-state index in [2.05, 4.69) is 5.32 Å². The average Bonchev–Trinajstić information content (AvgIpc) is 3.21. The van der Waals surface area contributed by atoms with Crippen LogP contribution in [0.4, 0.5) is 15.3 Å². The molecule has 0 saturated carbocycles. The molecule has 0 spiro atoms. The van der Waals surface area contributed by atoms with Crippen molar-refractivity contribution in [3.05, 3.63) is 64.7 Å². The van der Waals surface area contributed by atoms with E-state index in [0.717, 1.165) is 43.6 Å². The SMILES string of the molecule is O=C(ON1C(=O)N[C@@H](Cc2ccccc2)C1=O)N1CCN(c2ccc(C(=O)N3CCCCC3)cc2Cl)CC1. The first-order chi connectivity index (χ1) is 18.4. The van der Waals surface area contributed by atoms with Gasteiger partial charge >= 0.3 is 12.1 Å². The lowest BCUT2D eigenvalue weighted by Gasteiger charge is -2.36. The number of nitrogens with zero attached hydrogens (tertiary/aromatic N) is 4. The Kier molecular flexibility index (Phi) is 7.69. The van der Waals surface area contributed by atoms with E-state index in [1.807, 2.05) is 46.2 Å². The van der Waals surface area contributed by atoms with Crippen LogP contribution in [-0.4, -0.2) is 84.1 Å². The molecule has 5 amide bonds. The predicted molar refractivity (Wildman–Crippen MR) is 141 cm³/mol. The van der Waals surface area contributed by atoms with E-state index in [1.165, 1.54) is 4.90 Å². The van der Waals surface area contributed by atoms with Gasteiger partial charge in [-0.15, -0.1) is 0 Å². The largest absolute Gasteiger partial charge is 0.434 e. The van der Waals surface area contributed by atoms with Crippen LogP contribution >= 0.6 is 11.6 Å². The molecule has 3 aliphatic heterocycles. The maximum absolute atomic E-state index is 12.8. The summed E-state index contributed by atoms with van der Waals surface area (Å²) < 4.78 is 0. The number of rotatable bonds is 5. The molecular weight excluding hydrogens is 510 g/mol. The van der Waals surface area contributed by atoms with Crippen molar-refractivity contribution >= 4 is 41.2 Å². The second-order valence-electron chi connectivity index (χ2n) is 9.67. The summed E-state index contributed by atoms with van der Waals surface area (Å²) >= 11 is 6.56. The van der Waals surface area contributed by atoms with Crippen molar-refractivity contribution in [1.29, 1.82) is 0 Å². The molecule has 10 nitrogen and oxygen atoms in total. The molecule has 5 rings (SSSR count). The normalized spacial score (nSPS) is 20.0. The fourth-order valence-corrected chi connectivity index (χ4v) is 5.33. The van der Waals surface area contributed by atoms with Gasteiger partial charge in [0.15, 0.2) is 0 Å². The predicted octanol–water partition coefficient (Wildman–Crippen LogP) is 3.30. The van der Waals surface area contributed by atoms with E-state index < -0.39 is 24.1 Å². The van der Waals surface area contributed by atoms with Crippen molar-refractivity contribution in [1.82, 2.24) is 20.2 Å². The monoisotopic (exact) mass is 539 g/mol. The minimum Gasteiger partial charge on any atom is -0.367 e. The number of hydrogen-bond acceptors (Lipinski definition) is 6. The van der Waals surface area contributed by atoms with Crippen molar-refractivity contribution in [3.63, 3.8) is 0 Å². The third-order valence-corrected chi connectivity index (χ3v) is 7.45. The summed E-state index contributed by atoms with van der Waals surface area (Å²) in [6.07, 6.45) is 2.74. The van der Waals surface area contributed by atoms with Crippen LogP contribution in [0.3, 0.4) is 0 Å². The molecule has 3 fully saturated rings. The Morgan fingerprint density at radius 3 is 2.29 bits per heavy atom. The number of benzene rings is 2. The highest BCUT2D eigenvalue weighted by Gasteiger charge is 2.42. The van der Waals surface area contributed by atoms with Gasteiger partial charge in [-0.2, -0.15) is 0 Å². The molecule has 3 saturated heterocycles. The number of nitrogens with one attached hydrogen (secondary N) is 1. The second kappa shape index (κ2) is 11.3. The number of halogens is 1. The Morgan fingerprint density at radius 1 is 0.895 bits per heavy atom. The number of likely N-dealkylation sites (tertiary alicyclic amines) is 1. The average molecular weight is 540 g/mol. The number of piperidine rings is 1. The number of piperazine rings is 1. The molecule has 11 heteroatoms. The summed E-state index contributed by atoms with van der Waals surface area (Å²) in [7, 11) is 0. The Bertz CT molecular complexity index is 1210. The minimum absolute atomic E-state index is 0.00257. The Hall–Kier alpha value is -3.79. The molecule has 0 aliphatic carbocycles. The molecule has 200 valence electrons. The first kappa shape index (κ1) is 25.8. The van der Waals surface area contributed by atoms with E-state index >= 15 is 0 Å². The Balaban J connectivity index is 1.14. The van der Waals surface area contributed by atoms with Crippen LogP contribution < -0.4 is 10.2 Å². The highest BCUT2D eigenvalue weighted by atomic mass is 35.5. The van der Waals surface area contributed by atoms with Gasteiger partial charge in [-0.25, -0.2) is 9.59 Å². The Morgan fingerprint density at radius 2 is 1.61 bits per heavy atom. The molecule has 3 heterocycles. The third kappa shape index (κ3) is 5.55. The van der Waals surface area contributed by atoms with Crippen LogP contribution in [0, 0.1) is 0 Å². The number of carbonyl (C=O) groups excluding carboxylic acids is 4. The number of hydroxylamine groups is 2.